The standard InChI is InChI=1S/C15H19FN4O/c1-19(2)9-8-17-15(21)14-10-13(18-20(14)3)11-6-4-5-7-12(11)16/h4-7,10H,8-9H2,1-3H3,(H,17,21). The number of nitrogens with zero attached hydrogens (tertiary/aromatic N) is 3. The van der Waals surface area contributed by atoms with Crippen molar-refractivity contribution in [1.29, 1.82) is 0 Å². The van der Waals surface area contributed by atoms with Crippen molar-refractivity contribution < 1.29 is 9.18 Å². The number of hydrogen-bond acceptors (Lipinski definition) is 3. The van der Waals surface area contributed by atoms with E-state index in [2.05, 4.69) is 10.4 Å². The molecule has 0 aliphatic rings. The number of benzene rings is 1. The van der Waals surface area contributed by atoms with Crippen LogP contribution in [0.1, 0.15) is 10.5 Å². The molecule has 0 spiro atoms. The Balaban J connectivity index is 2.16. The molecule has 0 aliphatic carbocycles. The van der Waals surface area contributed by atoms with Crippen molar-refractivity contribution in [3.05, 3.63) is 41.8 Å². The lowest BCUT2D eigenvalue weighted by molar-refractivity contribution is 0.0941. The van der Waals surface area contributed by atoms with Gasteiger partial charge >= 0.3 is 0 Å². The zero-order valence-electron chi connectivity index (χ0n) is 12.4. The van der Waals surface area contributed by atoms with Crippen LogP contribution in [0.3, 0.4) is 0 Å². The van der Waals surface area contributed by atoms with Crippen LogP contribution in [0.2, 0.25) is 0 Å². The summed E-state index contributed by atoms with van der Waals surface area (Å²) in [6, 6.07) is 7.98. The molecule has 2 aromatic rings. The first kappa shape index (κ1) is 15.2. The molecule has 0 unspecified atom stereocenters. The molecule has 1 aromatic carbocycles. The van der Waals surface area contributed by atoms with Crippen molar-refractivity contribution in [2.24, 2.45) is 7.05 Å². The van der Waals surface area contributed by atoms with E-state index in [0.717, 1.165) is 6.54 Å². The zero-order valence-corrected chi connectivity index (χ0v) is 12.4. The van der Waals surface area contributed by atoms with Crippen molar-refractivity contribution in [3.63, 3.8) is 0 Å². The molecule has 0 radical (unpaired) electrons. The molecule has 1 N–H and O–H groups in total. The van der Waals surface area contributed by atoms with E-state index >= 15 is 0 Å². The van der Waals surface area contributed by atoms with E-state index in [4.69, 9.17) is 0 Å². The number of nitrogens with one attached hydrogen (secondary N) is 1. The molecule has 112 valence electrons. The van der Waals surface area contributed by atoms with E-state index in [1.54, 1.807) is 31.3 Å². The Morgan fingerprint density at radius 2 is 2.10 bits per heavy atom. The summed E-state index contributed by atoms with van der Waals surface area (Å²) in [5.74, 6) is -0.565. The van der Waals surface area contributed by atoms with Crippen LogP contribution in [-0.4, -0.2) is 47.8 Å². The Kier molecular flexibility index (Phi) is 4.70. The van der Waals surface area contributed by atoms with Gasteiger partial charge in [-0.05, 0) is 32.3 Å². The number of likely N-dealkylation sites (N-methyl/N-ethyl adjacent to an activating group) is 1. The highest BCUT2D eigenvalue weighted by atomic mass is 19.1. The van der Waals surface area contributed by atoms with Crippen LogP contribution in [-0.2, 0) is 7.05 Å². The minimum atomic E-state index is -0.352. The molecule has 21 heavy (non-hydrogen) atoms. The van der Waals surface area contributed by atoms with Gasteiger partial charge in [-0.3, -0.25) is 9.48 Å². The molecular formula is C15H19FN4O. The van der Waals surface area contributed by atoms with Crippen molar-refractivity contribution in [2.75, 3.05) is 27.2 Å². The second kappa shape index (κ2) is 6.49. The minimum absolute atomic E-state index is 0.213. The number of aromatic nitrogens is 2. The van der Waals surface area contributed by atoms with Gasteiger partial charge in [-0.25, -0.2) is 4.39 Å². The highest BCUT2D eigenvalue weighted by molar-refractivity contribution is 5.93. The van der Waals surface area contributed by atoms with Crippen LogP contribution < -0.4 is 5.32 Å². The number of amides is 1. The highest BCUT2D eigenvalue weighted by Gasteiger charge is 2.15. The maximum atomic E-state index is 13.8. The Morgan fingerprint density at radius 1 is 1.38 bits per heavy atom. The first-order valence-electron chi connectivity index (χ1n) is 6.71. The first-order valence-corrected chi connectivity index (χ1v) is 6.71. The molecule has 0 bridgehead atoms. The predicted molar refractivity (Wildman–Crippen MR) is 79.5 cm³/mol. The van der Waals surface area contributed by atoms with Crippen molar-refractivity contribution in [2.45, 2.75) is 0 Å². The summed E-state index contributed by atoms with van der Waals surface area (Å²) in [5.41, 5.74) is 1.25. The molecular weight excluding hydrogens is 271 g/mol. The van der Waals surface area contributed by atoms with Crippen LogP contribution in [0.4, 0.5) is 4.39 Å². The Morgan fingerprint density at radius 3 is 2.76 bits per heavy atom. The van der Waals surface area contributed by atoms with Crippen molar-refractivity contribution >= 4 is 5.91 Å². The summed E-state index contributed by atoms with van der Waals surface area (Å²) in [7, 11) is 5.55. The van der Waals surface area contributed by atoms with Crippen LogP contribution in [0.15, 0.2) is 30.3 Å². The summed E-state index contributed by atoms with van der Waals surface area (Å²) in [4.78, 5) is 14.1. The smallest absolute Gasteiger partial charge is 0.269 e. The molecule has 0 fully saturated rings. The van der Waals surface area contributed by atoms with E-state index in [1.165, 1.54) is 10.7 Å². The van der Waals surface area contributed by atoms with Crippen LogP contribution in [0, 0.1) is 5.82 Å². The predicted octanol–water partition coefficient (Wildman–Crippen LogP) is 1.52. The maximum Gasteiger partial charge on any atom is 0.269 e. The van der Waals surface area contributed by atoms with Gasteiger partial charge in [-0.15, -0.1) is 0 Å². The lowest BCUT2D eigenvalue weighted by atomic mass is 10.1. The quantitative estimate of drug-likeness (QED) is 0.908. The average Bonchev–Trinajstić information content (AvgIpc) is 2.80. The van der Waals surface area contributed by atoms with E-state index in [-0.39, 0.29) is 11.7 Å². The van der Waals surface area contributed by atoms with Gasteiger partial charge in [-0.1, -0.05) is 12.1 Å². The molecule has 0 saturated carbocycles. The summed E-state index contributed by atoms with van der Waals surface area (Å²) in [6.07, 6.45) is 0. The van der Waals surface area contributed by atoms with Gasteiger partial charge in [0, 0.05) is 25.7 Å². The third-order valence-corrected chi connectivity index (χ3v) is 3.11. The highest BCUT2D eigenvalue weighted by Crippen LogP contribution is 2.21. The Hall–Kier alpha value is -2.21. The Labute approximate surface area is 123 Å². The molecule has 0 saturated heterocycles. The number of aryl methyl sites for hydroxylation is 1. The van der Waals surface area contributed by atoms with Crippen LogP contribution in [0.25, 0.3) is 11.3 Å². The molecule has 0 aliphatic heterocycles. The van der Waals surface area contributed by atoms with E-state index < -0.39 is 0 Å². The largest absolute Gasteiger partial charge is 0.349 e. The number of carbonyl (C=O) groups excluding carboxylic acids is 1. The van der Waals surface area contributed by atoms with Gasteiger partial charge in [0.2, 0.25) is 0 Å². The van der Waals surface area contributed by atoms with E-state index in [1.807, 2.05) is 19.0 Å². The molecule has 1 aromatic heterocycles. The van der Waals surface area contributed by atoms with Crippen molar-refractivity contribution in [3.8, 4) is 11.3 Å². The molecule has 2 rings (SSSR count). The zero-order chi connectivity index (χ0) is 15.4. The second-order valence-electron chi connectivity index (χ2n) is 5.08. The monoisotopic (exact) mass is 290 g/mol. The summed E-state index contributed by atoms with van der Waals surface area (Å²) < 4.78 is 15.2. The number of carbonyl (C=O) groups is 1. The third kappa shape index (κ3) is 3.66. The van der Waals surface area contributed by atoms with E-state index in [0.29, 0.717) is 23.5 Å². The lowest BCUT2D eigenvalue weighted by Gasteiger charge is -2.10. The minimum Gasteiger partial charge on any atom is -0.349 e. The normalized spacial score (nSPS) is 10.9. The van der Waals surface area contributed by atoms with Gasteiger partial charge in [0.15, 0.2) is 0 Å². The first-order chi connectivity index (χ1) is 9.99. The van der Waals surface area contributed by atoms with Gasteiger partial charge in [0.25, 0.3) is 5.91 Å². The maximum absolute atomic E-state index is 13.8. The fourth-order valence-electron chi connectivity index (χ4n) is 1.96. The van der Waals surface area contributed by atoms with Gasteiger partial charge in [0.1, 0.15) is 11.5 Å². The number of halogens is 1. The molecule has 0 atom stereocenters. The fourth-order valence-corrected chi connectivity index (χ4v) is 1.96. The summed E-state index contributed by atoms with van der Waals surface area (Å²) in [6.45, 7) is 1.30. The number of rotatable bonds is 5. The summed E-state index contributed by atoms with van der Waals surface area (Å²) >= 11 is 0. The summed E-state index contributed by atoms with van der Waals surface area (Å²) in [5, 5.41) is 7.03. The SMILES string of the molecule is CN(C)CCNC(=O)c1cc(-c2ccccc2F)nn1C. The average molecular weight is 290 g/mol. The second-order valence-corrected chi connectivity index (χ2v) is 5.08. The van der Waals surface area contributed by atoms with Crippen LogP contribution >= 0.6 is 0 Å². The Bertz CT molecular complexity index is 636. The van der Waals surface area contributed by atoms with Crippen LogP contribution in [0.5, 0.6) is 0 Å². The van der Waals surface area contributed by atoms with Gasteiger partial charge < -0.3 is 10.2 Å². The lowest BCUT2D eigenvalue weighted by Crippen LogP contribution is -2.32. The topological polar surface area (TPSA) is 50.2 Å². The fraction of sp³-hybridized carbons (Fsp3) is 0.333. The molecule has 1 heterocycles. The number of hydrogen-bond donors (Lipinski definition) is 1. The molecule has 6 heteroatoms. The third-order valence-electron chi connectivity index (χ3n) is 3.11. The van der Waals surface area contributed by atoms with Gasteiger partial charge in [0.05, 0.1) is 5.69 Å². The van der Waals surface area contributed by atoms with Gasteiger partial charge in [-0.2, -0.15) is 5.10 Å². The van der Waals surface area contributed by atoms with Crippen molar-refractivity contribution in [1.82, 2.24) is 20.0 Å². The van der Waals surface area contributed by atoms with E-state index in [9.17, 15) is 9.18 Å². The molecule has 5 nitrogen and oxygen atoms in total. The molecule has 1 amide bonds.